The second kappa shape index (κ2) is 6.34. The van der Waals surface area contributed by atoms with Crippen molar-refractivity contribution in [2.75, 3.05) is 7.05 Å². The largest absolute Gasteiger partial charge is 0.294 e. The molecular weight excluding hydrogens is 240 g/mol. The van der Waals surface area contributed by atoms with Gasteiger partial charge in [0.05, 0.1) is 12.5 Å². The molecule has 0 aliphatic carbocycles. The molecule has 0 radical (unpaired) electrons. The third kappa shape index (κ3) is 3.19. The lowest BCUT2D eigenvalue weighted by atomic mass is 10.0. The minimum Gasteiger partial charge on any atom is -0.294 e. The van der Waals surface area contributed by atoms with E-state index in [-0.39, 0.29) is 6.04 Å². The van der Waals surface area contributed by atoms with E-state index in [0.717, 1.165) is 6.54 Å². The van der Waals surface area contributed by atoms with Crippen LogP contribution in [0, 0.1) is 11.3 Å². The molecule has 2 rings (SSSR count). The Labute approximate surface area is 112 Å². The standard InChI is InChI=1S/C15H16N2S/c1-17(11-13-8-10-18-12-13)15(7-9-16)14-5-3-2-4-6-14/h2-6,8,10,12,15H,7,11H2,1H3. The summed E-state index contributed by atoms with van der Waals surface area (Å²) in [6, 6.07) is 14.8. The highest BCUT2D eigenvalue weighted by molar-refractivity contribution is 7.07. The van der Waals surface area contributed by atoms with Crippen LogP contribution in [0.5, 0.6) is 0 Å². The van der Waals surface area contributed by atoms with Gasteiger partial charge in [0.25, 0.3) is 0 Å². The molecule has 1 unspecified atom stereocenters. The van der Waals surface area contributed by atoms with Gasteiger partial charge in [0, 0.05) is 12.6 Å². The first-order valence-corrected chi connectivity index (χ1v) is 6.88. The van der Waals surface area contributed by atoms with Crippen molar-refractivity contribution in [2.24, 2.45) is 0 Å². The summed E-state index contributed by atoms with van der Waals surface area (Å²) in [6.07, 6.45) is 0.519. The van der Waals surface area contributed by atoms with Crippen molar-refractivity contribution < 1.29 is 0 Å². The van der Waals surface area contributed by atoms with Crippen LogP contribution in [-0.2, 0) is 6.54 Å². The highest BCUT2D eigenvalue weighted by Gasteiger charge is 2.16. The van der Waals surface area contributed by atoms with Gasteiger partial charge >= 0.3 is 0 Å². The van der Waals surface area contributed by atoms with Gasteiger partial charge in [0.2, 0.25) is 0 Å². The van der Waals surface area contributed by atoms with Crippen LogP contribution >= 0.6 is 11.3 Å². The van der Waals surface area contributed by atoms with E-state index in [4.69, 9.17) is 5.26 Å². The topological polar surface area (TPSA) is 27.0 Å². The number of benzene rings is 1. The smallest absolute Gasteiger partial charge is 0.0641 e. The van der Waals surface area contributed by atoms with Crippen LogP contribution in [0.4, 0.5) is 0 Å². The minimum absolute atomic E-state index is 0.163. The van der Waals surface area contributed by atoms with Crippen LogP contribution in [0.2, 0.25) is 0 Å². The average Bonchev–Trinajstić information content (AvgIpc) is 2.89. The molecule has 1 atom stereocenters. The monoisotopic (exact) mass is 256 g/mol. The molecule has 92 valence electrons. The van der Waals surface area contributed by atoms with E-state index in [1.54, 1.807) is 11.3 Å². The van der Waals surface area contributed by atoms with Gasteiger partial charge in [0.15, 0.2) is 0 Å². The molecule has 1 heterocycles. The van der Waals surface area contributed by atoms with Gasteiger partial charge in [0.1, 0.15) is 0 Å². The second-order valence-electron chi connectivity index (χ2n) is 4.34. The van der Waals surface area contributed by atoms with Crippen LogP contribution < -0.4 is 0 Å². The first-order valence-electron chi connectivity index (χ1n) is 5.94. The number of rotatable bonds is 5. The van der Waals surface area contributed by atoms with Crippen molar-refractivity contribution in [1.29, 1.82) is 5.26 Å². The Bertz CT molecular complexity index is 499. The zero-order valence-corrected chi connectivity index (χ0v) is 11.2. The van der Waals surface area contributed by atoms with Crippen molar-refractivity contribution in [3.63, 3.8) is 0 Å². The third-order valence-electron chi connectivity index (χ3n) is 3.01. The predicted molar refractivity (Wildman–Crippen MR) is 75.2 cm³/mol. The number of nitrogens with zero attached hydrogens (tertiary/aromatic N) is 2. The maximum absolute atomic E-state index is 9.00. The fourth-order valence-corrected chi connectivity index (χ4v) is 2.73. The van der Waals surface area contributed by atoms with E-state index in [9.17, 15) is 0 Å². The molecule has 0 saturated heterocycles. The highest BCUT2D eigenvalue weighted by atomic mass is 32.1. The van der Waals surface area contributed by atoms with Crippen molar-refractivity contribution in [3.8, 4) is 6.07 Å². The van der Waals surface area contributed by atoms with Crippen molar-refractivity contribution in [2.45, 2.75) is 19.0 Å². The Hall–Kier alpha value is -1.63. The molecule has 0 bridgehead atoms. The fourth-order valence-electron chi connectivity index (χ4n) is 2.07. The molecule has 0 amide bonds. The zero-order valence-electron chi connectivity index (χ0n) is 10.4. The van der Waals surface area contributed by atoms with E-state index in [1.165, 1.54) is 11.1 Å². The summed E-state index contributed by atoms with van der Waals surface area (Å²) in [7, 11) is 2.08. The molecule has 18 heavy (non-hydrogen) atoms. The Balaban J connectivity index is 2.13. The normalized spacial score (nSPS) is 12.3. The van der Waals surface area contributed by atoms with Gasteiger partial charge < -0.3 is 0 Å². The highest BCUT2D eigenvalue weighted by Crippen LogP contribution is 2.24. The number of nitriles is 1. The lowest BCUT2D eigenvalue weighted by molar-refractivity contribution is 0.239. The molecule has 1 aromatic carbocycles. The molecule has 0 fully saturated rings. The molecule has 3 heteroatoms. The number of hydrogen-bond acceptors (Lipinski definition) is 3. The Morgan fingerprint density at radius 3 is 2.67 bits per heavy atom. The van der Waals surface area contributed by atoms with Gasteiger partial charge in [-0.3, -0.25) is 4.90 Å². The van der Waals surface area contributed by atoms with Gasteiger partial charge in [-0.1, -0.05) is 30.3 Å². The number of thiophene rings is 1. The molecule has 0 spiro atoms. The first-order chi connectivity index (χ1) is 8.81. The Morgan fingerprint density at radius 2 is 2.06 bits per heavy atom. The quantitative estimate of drug-likeness (QED) is 0.812. The van der Waals surface area contributed by atoms with Crippen molar-refractivity contribution in [3.05, 3.63) is 58.3 Å². The van der Waals surface area contributed by atoms with Crippen LogP contribution in [-0.4, -0.2) is 11.9 Å². The third-order valence-corrected chi connectivity index (χ3v) is 3.75. The van der Waals surface area contributed by atoms with Crippen molar-refractivity contribution >= 4 is 11.3 Å². The molecule has 0 saturated carbocycles. The molecule has 2 nitrogen and oxygen atoms in total. The van der Waals surface area contributed by atoms with E-state index in [0.29, 0.717) is 6.42 Å². The Kier molecular flexibility index (Phi) is 4.52. The first kappa shape index (κ1) is 12.8. The maximum Gasteiger partial charge on any atom is 0.0641 e. The van der Waals surface area contributed by atoms with E-state index >= 15 is 0 Å². The summed E-state index contributed by atoms with van der Waals surface area (Å²) >= 11 is 1.71. The van der Waals surface area contributed by atoms with Crippen LogP contribution in [0.15, 0.2) is 47.2 Å². The summed E-state index contributed by atoms with van der Waals surface area (Å²) in [5, 5.41) is 13.2. The summed E-state index contributed by atoms with van der Waals surface area (Å²) in [6.45, 7) is 0.880. The zero-order chi connectivity index (χ0) is 12.8. The van der Waals surface area contributed by atoms with E-state index < -0.39 is 0 Å². The molecule has 0 aliphatic heterocycles. The maximum atomic E-state index is 9.00. The Morgan fingerprint density at radius 1 is 1.28 bits per heavy atom. The predicted octanol–water partition coefficient (Wildman–Crippen LogP) is 3.83. The van der Waals surface area contributed by atoms with Crippen LogP contribution in [0.25, 0.3) is 0 Å². The van der Waals surface area contributed by atoms with Crippen molar-refractivity contribution in [1.82, 2.24) is 4.90 Å². The molecule has 2 aromatic rings. The van der Waals surface area contributed by atoms with Gasteiger partial charge in [-0.05, 0) is 35.0 Å². The molecular formula is C15H16N2S. The molecule has 0 N–H and O–H groups in total. The van der Waals surface area contributed by atoms with E-state index in [2.05, 4.69) is 47.0 Å². The van der Waals surface area contributed by atoms with E-state index in [1.807, 2.05) is 18.2 Å². The van der Waals surface area contributed by atoms with Crippen LogP contribution in [0.3, 0.4) is 0 Å². The van der Waals surface area contributed by atoms with Gasteiger partial charge in [-0.25, -0.2) is 0 Å². The SMILES string of the molecule is CN(Cc1ccsc1)C(CC#N)c1ccccc1. The lowest BCUT2D eigenvalue weighted by Crippen LogP contribution is -2.23. The van der Waals surface area contributed by atoms with Gasteiger partial charge in [-0.2, -0.15) is 16.6 Å². The summed E-state index contributed by atoms with van der Waals surface area (Å²) in [5.74, 6) is 0. The summed E-state index contributed by atoms with van der Waals surface area (Å²) in [5.41, 5.74) is 2.51. The molecule has 1 aromatic heterocycles. The molecule has 0 aliphatic rings. The minimum atomic E-state index is 0.163. The second-order valence-corrected chi connectivity index (χ2v) is 5.12. The van der Waals surface area contributed by atoms with Crippen LogP contribution in [0.1, 0.15) is 23.6 Å². The summed E-state index contributed by atoms with van der Waals surface area (Å²) in [4.78, 5) is 2.24. The van der Waals surface area contributed by atoms with Gasteiger partial charge in [-0.15, -0.1) is 0 Å². The number of hydrogen-bond donors (Lipinski definition) is 0. The average molecular weight is 256 g/mol. The summed E-state index contributed by atoms with van der Waals surface area (Å²) < 4.78 is 0. The fraction of sp³-hybridized carbons (Fsp3) is 0.267. The lowest BCUT2D eigenvalue weighted by Gasteiger charge is -2.26.